The molecule has 1 aliphatic heterocycles. The number of aromatic amines is 1. The first-order valence-corrected chi connectivity index (χ1v) is 12.7. The van der Waals surface area contributed by atoms with Gasteiger partial charge in [-0.3, -0.25) is 14.3 Å². The molecule has 1 fully saturated rings. The molecule has 2 aromatic heterocycles. The van der Waals surface area contributed by atoms with Gasteiger partial charge in [-0.2, -0.15) is 4.98 Å². The first kappa shape index (κ1) is 31.4. The number of nitrogens with one attached hydrogen (secondary N) is 1. The van der Waals surface area contributed by atoms with Crippen molar-refractivity contribution < 1.29 is 67.6 Å². The second kappa shape index (κ2) is 12.7. The van der Waals surface area contributed by atoms with Gasteiger partial charge in [0, 0.05) is 0 Å². The quantitative estimate of drug-likeness (QED) is 0.163. The molecule has 20 nitrogen and oxygen atoms in total. The summed E-state index contributed by atoms with van der Waals surface area (Å²) in [5.74, 6) is 0.0472. The molecule has 1 aliphatic rings. The highest BCUT2D eigenvalue weighted by atomic mass is 31.2. The van der Waals surface area contributed by atoms with E-state index < -0.39 is 23.5 Å². The van der Waals surface area contributed by atoms with Gasteiger partial charge in [0.25, 0.3) is 5.56 Å². The molecule has 1 saturated heterocycles. The summed E-state index contributed by atoms with van der Waals surface area (Å²) in [4.78, 5) is 86.8. The van der Waals surface area contributed by atoms with Crippen molar-refractivity contribution in [2.75, 3.05) is 12.3 Å². The number of H-pyrrole nitrogens is 1. The Morgan fingerprint density at radius 1 is 1.00 bits per heavy atom. The Kier molecular flexibility index (Phi) is 12.1. The van der Waals surface area contributed by atoms with Gasteiger partial charge in [0.05, 0.1) is 19.0 Å². The minimum atomic E-state index is -4.64. The van der Waals surface area contributed by atoms with E-state index in [1.54, 1.807) is 4.57 Å². The number of aromatic nitrogens is 4. The number of hydrogen-bond acceptors (Lipinski definition) is 9. The van der Waals surface area contributed by atoms with Crippen LogP contribution in [0.2, 0.25) is 0 Å². The topological polar surface area (TPSA) is 352 Å². The molecule has 23 heteroatoms. The van der Waals surface area contributed by atoms with Crippen molar-refractivity contribution in [1.29, 1.82) is 0 Å². The smallest absolute Gasteiger partial charge is 0.394 e. The maximum Gasteiger partial charge on any atom is 0.466 e. The van der Waals surface area contributed by atoms with Crippen LogP contribution in [0.4, 0.5) is 5.95 Å². The van der Waals surface area contributed by atoms with E-state index in [1.165, 1.54) is 6.33 Å². The molecule has 3 heterocycles. The number of aliphatic hydroxyl groups excluding tert-OH is 1. The SMILES string of the molecule is Nc1nc2c(ncn2[C@H]2CC[C@@H](CO)O2)c(=O)[nH]1.O=P(O)(O)O.O=P(O)(O)O.O=P(O)(O)O. The molecule has 0 aromatic carbocycles. The number of imidazole rings is 1. The molecule has 0 amide bonds. The molecule has 2 atom stereocenters. The van der Waals surface area contributed by atoms with E-state index in [-0.39, 0.29) is 36.0 Å². The molecule has 0 spiro atoms. The lowest BCUT2D eigenvalue weighted by molar-refractivity contribution is -0.0207. The van der Waals surface area contributed by atoms with E-state index in [9.17, 15) is 4.79 Å². The monoisotopic (exact) mass is 545 g/mol. The third-order valence-corrected chi connectivity index (χ3v) is 3.05. The largest absolute Gasteiger partial charge is 0.466 e. The maximum absolute atomic E-state index is 11.6. The van der Waals surface area contributed by atoms with Gasteiger partial charge in [-0.15, -0.1) is 0 Å². The second-order valence-corrected chi connectivity index (χ2v) is 8.87. The number of nitrogen functional groups attached to an aromatic ring is 1. The summed E-state index contributed by atoms with van der Waals surface area (Å²) >= 11 is 0. The Hall–Kier alpha value is -1.60. The number of phosphoric acid groups is 3. The zero-order valence-electron chi connectivity index (χ0n) is 16.1. The zero-order valence-corrected chi connectivity index (χ0v) is 18.8. The molecule has 3 rings (SSSR count). The normalized spacial score (nSPS) is 18.4. The van der Waals surface area contributed by atoms with Crippen molar-refractivity contribution in [2.24, 2.45) is 0 Å². The Labute approximate surface area is 182 Å². The van der Waals surface area contributed by atoms with Gasteiger partial charge in [-0.1, -0.05) is 0 Å². The van der Waals surface area contributed by atoms with Crippen LogP contribution in [0, 0.1) is 0 Å². The molecule has 0 bridgehead atoms. The number of anilines is 1. The average molecular weight is 545 g/mol. The highest BCUT2D eigenvalue weighted by Crippen LogP contribution is 2.29. The molecule has 13 N–H and O–H groups in total. The van der Waals surface area contributed by atoms with Crippen molar-refractivity contribution in [3.63, 3.8) is 0 Å². The summed E-state index contributed by atoms with van der Waals surface area (Å²) in [6.07, 6.45) is 2.58. The fourth-order valence-corrected chi connectivity index (χ4v) is 2.18. The van der Waals surface area contributed by atoms with Gasteiger partial charge >= 0.3 is 23.5 Å². The van der Waals surface area contributed by atoms with Crippen LogP contribution < -0.4 is 11.3 Å². The fourth-order valence-electron chi connectivity index (χ4n) is 2.18. The van der Waals surface area contributed by atoms with Gasteiger partial charge in [0.15, 0.2) is 11.2 Å². The Balaban J connectivity index is 0.000000564. The number of fused-ring (bicyclic) bond motifs is 1. The van der Waals surface area contributed by atoms with E-state index >= 15 is 0 Å². The van der Waals surface area contributed by atoms with Crippen molar-refractivity contribution in [3.8, 4) is 0 Å². The van der Waals surface area contributed by atoms with Crippen LogP contribution in [-0.2, 0) is 18.4 Å². The van der Waals surface area contributed by atoms with Gasteiger partial charge in [0.1, 0.15) is 6.23 Å². The van der Waals surface area contributed by atoms with E-state index in [1.807, 2.05) is 0 Å². The second-order valence-electron chi connectivity index (χ2n) is 5.79. The van der Waals surface area contributed by atoms with Crippen molar-refractivity contribution in [2.45, 2.75) is 25.2 Å². The maximum atomic E-state index is 11.6. The van der Waals surface area contributed by atoms with E-state index in [0.717, 1.165) is 12.8 Å². The summed E-state index contributed by atoms with van der Waals surface area (Å²) in [6, 6.07) is 0. The number of nitrogens with two attached hydrogens (primary N) is 1. The summed E-state index contributed by atoms with van der Waals surface area (Å²) in [5, 5.41) is 9.04. The molecule has 2 aromatic rings. The molecule has 0 aliphatic carbocycles. The first-order valence-electron chi connectivity index (χ1n) is 8.02. The summed E-state index contributed by atoms with van der Waals surface area (Å²) < 4.78 is 33.9. The van der Waals surface area contributed by atoms with Gasteiger partial charge in [-0.05, 0) is 12.8 Å². The lowest BCUT2D eigenvalue weighted by atomic mass is 10.2. The fraction of sp³-hybridized carbons (Fsp3) is 0.500. The summed E-state index contributed by atoms with van der Waals surface area (Å²) in [7, 11) is -13.9. The predicted octanol–water partition coefficient (Wildman–Crippen LogP) is -3.41. The Morgan fingerprint density at radius 2 is 1.45 bits per heavy atom. The van der Waals surface area contributed by atoms with Crippen molar-refractivity contribution in [3.05, 3.63) is 16.7 Å². The van der Waals surface area contributed by atoms with Crippen LogP contribution in [0.1, 0.15) is 19.1 Å². The molecule has 0 radical (unpaired) electrons. The van der Waals surface area contributed by atoms with Gasteiger partial charge < -0.3 is 59.6 Å². The number of hydrogen-bond donors (Lipinski definition) is 12. The van der Waals surface area contributed by atoms with E-state index in [2.05, 4.69) is 15.0 Å². The van der Waals surface area contributed by atoms with Crippen LogP contribution in [0.5, 0.6) is 0 Å². The summed E-state index contributed by atoms with van der Waals surface area (Å²) in [5.41, 5.74) is 5.79. The van der Waals surface area contributed by atoms with E-state index in [4.69, 9.17) is 73.3 Å². The van der Waals surface area contributed by atoms with Crippen LogP contribution in [-0.4, -0.2) is 81.4 Å². The predicted molar refractivity (Wildman–Crippen MR) is 106 cm³/mol. The molecule has 192 valence electrons. The number of aliphatic hydroxyl groups is 1. The third-order valence-electron chi connectivity index (χ3n) is 3.05. The van der Waals surface area contributed by atoms with E-state index in [0.29, 0.717) is 5.65 Å². The van der Waals surface area contributed by atoms with Crippen LogP contribution in [0.25, 0.3) is 11.2 Å². The van der Waals surface area contributed by atoms with Crippen LogP contribution in [0.15, 0.2) is 11.1 Å². The molecule has 33 heavy (non-hydrogen) atoms. The molecule has 0 unspecified atom stereocenters. The lowest BCUT2D eigenvalue weighted by Gasteiger charge is -2.13. The van der Waals surface area contributed by atoms with Gasteiger partial charge in [0.2, 0.25) is 5.95 Å². The van der Waals surface area contributed by atoms with Gasteiger partial charge in [-0.25, -0.2) is 18.7 Å². The minimum Gasteiger partial charge on any atom is -0.394 e. The highest BCUT2D eigenvalue weighted by molar-refractivity contribution is 7.45. The Morgan fingerprint density at radius 3 is 1.85 bits per heavy atom. The molecular weight excluding hydrogens is 523 g/mol. The summed E-state index contributed by atoms with van der Waals surface area (Å²) in [6.45, 7) is -0.0146. The lowest BCUT2D eigenvalue weighted by Crippen LogP contribution is -2.16. The van der Waals surface area contributed by atoms with Crippen molar-refractivity contribution in [1.82, 2.24) is 19.5 Å². The average Bonchev–Trinajstić information content (AvgIpc) is 3.15. The highest BCUT2D eigenvalue weighted by Gasteiger charge is 2.27. The Bertz CT molecular complexity index is 1010. The zero-order chi connectivity index (χ0) is 26.2. The third kappa shape index (κ3) is 16.6. The standard InChI is InChI=1S/C10H13N5O3.3H3O4P/c11-10-13-8-7(9(17)14-10)12-4-15(8)6-2-1-5(3-16)18-6;3*1-5(2,3)4/h4-6,16H,1-3H2,(H3,11,13,14,17);3*(H3,1,2,3,4)/t5-,6+;;;/m0.../s1. The number of ether oxygens (including phenoxy) is 1. The van der Waals surface area contributed by atoms with Crippen LogP contribution in [0.3, 0.4) is 0 Å². The number of rotatable bonds is 2. The molecule has 0 saturated carbocycles. The molecular formula is C10H22N5O15P3. The van der Waals surface area contributed by atoms with Crippen molar-refractivity contribution >= 4 is 40.6 Å². The number of nitrogens with zero attached hydrogens (tertiary/aromatic N) is 3. The van der Waals surface area contributed by atoms with Crippen LogP contribution >= 0.6 is 23.5 Å². The minimum absolute atomic E-state index is 0.0146. The first-order chi connectivity index (χ1) is 14.7.